The van der Waals surface area contributed by atoms with E-state index in [1.807, 2.05) is 0 Å². The summed E-state index contributed by atoms with van der Waals surface area (Å²) in [5.74, 6) is 0. The number of hydrogen-bond donors (Lipinski definition) is 1. The first-order valence-corrected chi connectivity index (χ1v) is 3.68. The first kappa shape index (κ1) is 7.52. The fraction of sp³-hybridized carbons (Fsp3) is 1.00. The molecule has 0 aromatic heterocycles. The molecule has 0 spiro atoms. The Morgan fingerprint density at radius 1 is 1.78 bits per heavy atom. The standard InChI is InChI=1S/C5H10BO2P/c6-5-1-4(9)3(2-7)8-5/h3-5,7H,1-2,9H2/t3-,4-,5-/m1/s1. The minimum absolute atomic E-state index is 0.0648. The number of ether oxygens (including phenoxy) is 1. The van der Waals surface area contributed by atoms with Crippen molar-refractivity contribution in [1.82, 2.24) is 0 Å². The van der Waals surface area contributed by atoms with Crippen LogP contribution in [0.3, 0.4) is 0 Å². The minimum Gasteiger partial charge on any atom is -0.394 e. The zero-order valence-electron chi connectivity index (χ0n) is 5.16. The Kier molecular flexibility index (Phi) is 2.51. The van der Waals surface area contributed by atoms with E-state index in [1.54, 1.807) is 0 Å². The molecule has 1 unspecified atom stereocenters. The van der Waals surface area contributed by atoms with Gasteiger partial charge in [0.2, 0.25) is 0 Å². The van der Waals surface area contributed by atoms with Gasteiger partial charge >= 0.3 is 0 Å². The fourth-order valence-electron chi connectivity index (χ4n) is 0.979. The van der Waals surface area contributed by atoms with Gasteiger partial charge in [-0.25, -0.2) is 0 Å². The predicted molar refractivity (Wildman–Crippen MR) is 39.6 cm³/mol. The molecule has 9 heavy (non-hydrogen) atoms. The van der Waals surface area contributed by atoms with E-state index in [4.69, 9.17) is 17.7 Å². The Morgan fingerprint density at radius 3 is 2.67 bits per heavy atom. The molecule has 0 aromatic carbocycles. The molecule has 1 aliphatic rings. The molecule has 1 rings (SSSR count). The van der Waals surface area contributed by atoms with E-state index in [0.717, 1.165) is 6.42 Å². The van der Waals surface area contributed by atoms with Gasteiger partial charge in [0.15, 0.2) is 0 Å². The molecule has 1 saturated heterocycles. The van der Waals surface area contributed by atoms with E-state index in [2.05, 4.69) is 9.24 Å². The second-order valence-corrected chi connectivity index (χ2v) is 3.15. The molecule has 1 aliphatic heterocycles. The van der Waals surface area contributed by atoms with E-state index in [-0.39, 0.29) is 18.7 Å². The van der Waals surface area contributed by atoms with Crippen molar-refractivity contribution in [3.05, 3.63) is 0 Å². The maximum absolute atomic E-state index is 8.66. The lowest BCUT2D eigenvalue weighted by Gasteiger charge is -2.09. The Hall–Kier alpha value is 0.415. The highest BCUT2D eigenvalue weighted by Crippen LogP contribution is 2.24. The van der Waals surface area contributed by atoms with Crippen LogP contribution in [-0.2, 0) is 4.74 Å². The third-order valence-corrected chi connectivity index (χ3v) is 2.21. The lowest BCUT2D eigenvalue weighted by Crippen LogP contribution is -2.20. The zero-order valence-corrected chi connectivity index (χ0v) is 6.31. The zero-order chi connectivity index (χ0) is 6.85. The number of rotatable bonds is 1. The van der Waals surface area contributed by atoms with Crippen molar-refractivity contribution >= 4 is 17.1 Å². The van der Waals surface area contributed by atoms with Crippen LogP contribution in [0.5, 0.6) is 0 Å². The first-order valence-electron chi connectivity index (χ1n) is 3.01. The minimum atomic E-state index is -0.176. The summed E-state index contributed by atoms with van der Waals surface area (Å²) in [7, 11) is 8.06. The number of hydrogen-bond acceptors (Lipinski definition) is 2. The van der Waals surface area contributed by atoms with Crippen LogP contribution in [-0.4, -0.2) is 37.3 Å². The Balaban J connectivity index is 2.38. The second-order valence-electron chi connectivity index (χ2n) is 2.30. The van der Waals surface area contributed by atoms with Gasteiger partial charge in [0.25, 0.3) is 0 Å². The van der Waals surface area contributed by atoms with E-state index in [9.17, 15) is 0 Å². The average Bonchev–Trinajstić information content (AvgIpc) is 2.10. The van der Waals surface area contributed by atoms with E-state index in [0.29, 0.717) is 5.66 Å². The van der Waals surface area contributed by atoms with Gasteiger partial charge in [-0.3, -0.25) is 0 Å². The molecule has 0 aromatic rings. The number of aliphatic hydroxyl groups is 1. The van der Waals surface area contributed by atoms with Crippen molar-refractivity contribution in [2.45, 2.75) is 24.2 Å². The maximum Gasteiger partial charge on any atom is 0.109 e. The van der Waals surface area contributed by atoms with Gasteiger partial charge in [-0.15, -0.1) is 9.24 Å². The van der Waals surface area contributed by atoms with Gasteiger partial charge in [0.1, 0.15) is 7.85 Å². The molecule has 1 heterocycles. The Morgan fingerprint density at radius 2 is 2.44 bits per heavy atom. The summed E-state index contributed by atoms with van der Waals surface area (Å²) >= 11 is 0. The summed E-state index contributed by atoms with van der Waals surface area (Å²) in [4.78, 5) is 0. The second kappa shape index (κ2) is 3.00. The molecule has 4 atom stereocenters. The number of aliphatic hydroxyl groups excluding tert-OH is 1. The lowest BCUT2D eigenvalue weighted by atomic mass is 9.97. The van der Waals surface area contributed by atoms with E-state index >= 15 is 0 Å². The van der Waals surface area contributed by atoms with Crippen molar-refractivity contribution in [3.8, 4) is 0 Å². The predicted octanol–water partition coefficient (Wildman–Crippen LogP) is -0.494. The molecule has 4 heteroatoms. The molecule has 0 aliphatic carbocycles. The molecule has 0 amide bonds. The highest BCUT2D eigenvalue weighted by molar-refractivity contribution is 7.17. The van der Waals surface area contributed by atoms with Gasteiger partial charge in [-0.05, 0) is 6.42 Å². The van der Waals surface area contributed by atoms with Crippen LogP contribution in [0.2, 0.25) is 0 Å². The van der Waals surface area contributed by atoms with Crippen LogP contribution < -0.4 is 0 Å². The van der Waals surface area contributed by atoms with Crippen LogP contribution in [0.4, 0.5) is 0 Å². The first-order chi connectivity index (χ1) is 4.24. The van der Waals surface area contributed by atoms with Gasteiger partial charge in [0.05, 0.1) is 12.7 Å². The third kappa shape index (κ3) is 1.67. The van der Waals surface area contributed by atoms with Crippen LogP contribution in [0.25, 0.3) is 0 Å². The van der Waals surface area contributed by atoms with Gasteiger partial charge in [-0.1, -0.05) is 0 Å². The van der Waals surface area contributed by atoms with Crippen LogP contribution in [0.1, 0.15) is 6.42 Å². The third-order valence-electron chi connectivity index (χ3n) is 1.51. The summed E-state index contributed by atoms with van der Waals surface area (Å²) < 4.78 is 5.13. The SMILES string of the molecule is [B][C@H]1C[C@@H](P)[C@@H](CO)O1. The summed E-state index contributed by atoms with van der Waals surface area (Å²) in [5.41, 5.74) is 0.324. The van der Waals surface area contributed by atoms with E-state index < -0.39 is 0 Å². The van der Waals surface area contributed by atoms with Crippen LogP contribution in [0.15, 0.2) is 0 Å². The molecule has 2 radical (unpaired) electrons. The molecule has 2 nitrogen and oxygen atoms in total. The van der Waals surface area contributed by atoms with Crippen molar-refractivity contribution < 1.29 is 9.84 Å². The average molecular weight is 144 g/mol. The molecule has 0 saturated carbocycles. The van der Waals surface area contributed by atoms with E-state index in [1.165, 1.54) is 0 Å². The fourth-order valence-corrected chi connectivity index (χ4v) is 1.46. The Bertz CT molecular complexity index is 101. The molecule has 50 valence electrons. The highest BCUT2D eigenvalue weighted by Gasteiger charge is 2.28. The molecule has 1 fully saturated rings. The lowest BCUT2D eigenvalue weighted by molar-refractivity contribution is 0.0449. The highest BCUT2D eigenvalue weighted by atomic mass is 31.0. The van der Waals surface area contributed by atoms with Crippen molar-refractivity contribution in [3.63, 3.8) is 0 Å². The summed E-state index contributed by atoms with van der Waals surface area (Å²) in [6.45, 7) is 0.0713. The topological polar surface area (TPSA) is 29.5 Å². The smallest absolute Gasteiger partial charge is 0.109 e. The summed E-state index contributed by atoms with van der Waals surface area (Å²) in [6.07, 6.45) is 0.764. The quantitative estimate of drug-likeness (QED) is 0.397. The van der Waals surface area contributed by atoms with Gasteiger partial charge in [-0.2, -0.15) is 0 Å². The molecule has 1 N–H and O–H groups in total. The molecular formula is C5H10BO2P. The summed E-state index contributed by atoms with van der Waals surface area (Å²) in [6, 6.07) is -0.176. The van der Waals surface area contributed by atoms with Crippen molar-refractivity contribution in [2.24, 2.45) is 0 Å². The molecule has 0 bridgehead atoms. The monoisotopic (exact) mass is 144 g/mol. The molecular weight excluding hydrogens is 134 g/mol. The normalized spacial score (nSPS) is 43.6. The Labute approximate surface area is 58.6 Å². The summed E-state index contributed by atoms with van der Waals surface area (Å²) in [5, 5.41) is 8.66. The van der Waals surface area contributed by atoms with Crippen LogP contribution >= 0.6 is 9.24 Å². The van der Waals surface area contributed by atoms with Crippen LogP contribution in [0, 0.1) is 0 Å². The van der Waals surface area contributed by atoms with Crippen molar-refractivity contribution in [2.75, 3.05) is 6.61 Å². The largest absolute Gasteiger partial charge is 0.394 e. The van der Waals surface area contributed by atoms with Gasteiger partial charge < -0.3 is 9.84 Å². The van der Waals surface area contributed by atoms with Crippen molar-refractivity contribution in [1.29, 1.82) is 0 Å². The van der Waals surface area contributed by atoms with Gasteiger partial charge in [0, 0.05) is 11.7 Å². The maximum atomic E-state index is 8.66.